The molecule has 3 amide bonds. The van der Waals surface area contributed by atoms with Crippen molar-refractivity contribution in [2.45, 2.75) is 33.8 Å². The van der Waals surface area contributed by atoms with Crippen molar-refractivity contribution in [1.82, 2.24) is 4.90 Å². The van der Waals surface area contributed by atoms with Crippen LogP contribution in [-0.4, -0.2) is 65.2 Å². The molecule has 0 bridgehead atoms. The number of carbonyl (C=O) groups is 4. The molecule has 212 valence electrons. The van der Waals surface area contributed by atoms with Gasteiger partial charge in [0, 0.05) is 48.2 Å². The monoisotopic (exact) mass is 570 g/mol. The van der Waals surface area contributed by atoms with Gasteiger partial charge in [-0.15, -0.1) is 0 Å². The Morgan fingerprint density at radius 3 is 2.52 bits per heavy atom. The number of hydrogen-bond acceptors (Lipinski definition) is 10. The Balaban J connectivity index is 1.83. The summed E-state index contributed by atoms with van der Waals surface area (Å²) in [6.07, 6.45) is 1.08. The summed E-state index contributed by atoms with van der Waals surface area (Å²) in [6, 6.07) is 10.8. The van der Waals surface area contributed by atoms with E-state index < -0.39 is 41.1 Å². The van der Waals surface area contributed by atoms with Crippen LogP contribution < -0.4 is 15.0 Å². The summed E-state index contributed by atoms with van der Waals surface area (Å²) in [5, 5.41) is 13.0. The molecule has 12 nitrogen and oxygen atoms in total. The fourth-order valence-electron chi connectivity index (χ4n) is 3.80. The summed E-state index contributed by atoms with van der Waals surface area (Å²) in [6.45, 7) is 7.82. The SMILES string of the molecule is CCN(CC)c1ccc(/C=C2\SC(=O)N(CC(=O)OC(C)C)C2=O)c(OCC(=O)Nc2cccc([N+](=O)[O-])c2)c1. The van der Waals surface area contributed by atoms with Crippen LogP contribution in [0.15, 0.2) is 47.4 Å². The van der Waals surface area contributed by atoms with E-state index in [0.717, 1.165) is 10.6 Å². The fourth-order valence-corrected chi connectivity index (χ4v) is 4.63. The first-order valence-electron chi connectivity index (χ1n) is 12.5. The number of nitro groups is 1. The molecule has 0 atom stereocenters. The molecule has 1 N–H and O–H groups in total. The summed E-state index contributed by atoms with van der Waals surface area (Å²) < 4.78 is 10.9. The van der Waals surface area contributed by atoms with Crippen LogP contribution >= 0.6 is 11.8 Å². The number of hydrogen-bond donors (Lipinski definition) is 1. The highest BCUT2D eigenvalue weighted by Gasteiger charge is 2.37. The molecule has 1 fully saturated rings. The molecular formula is C27H30N4O8S. The van der Waals surface area contributed by atoms with Crippen LogP contribution in [0.1, 0.15) is 33.3 Å². The number of carbonyl (C=O) groups excluding carboxylic acids is 4. The van der Waals surface area contributed by atoms with Gasteiger partial charge in [-0.3, -0.25) is 34.2 Å². The van der Waals surface area contributed by atoms with Gasteiger partial charge in [0.15, 0.2) is 6.61 Å². The van der Waals surface area contributed by atoms with Gasteiger partial charge in [-0.1, -0.05) is 6.07 Å². The second-order valence-electron chi connectivity index (χ2n) is 8.85. The predicted octanol–water partition coefficient (Wildman–Crippen LogP) is 4.45. The normalized spacial score (nSPS) is 14.0. The van der Waals surface area contributed by atoms with E-state index in [-0.39, 0.29) is 28.1 Å². The molecule has 0 radical (unpaired) electrons. The molecule has 0 aromatic heterocycles. The zero-order chi connectivity index (χ0) is 29.4. The van der Waals surface area contributed by atoms with E-state index >= 15 is 0 Å². The lowest BCUT2D eigenvalue weighted by atomic mass is 10.1. The first kappa shape index (κ1) is 30.2. The van der Waals surface area contributed by atoms with Crippen molar-refractivity contribution >= 4 is 57.9 Å². The van der Waals surface area contributed by atoms with E-state index in [1.165, 1.54) is 30.3 Å². The average molecular weight is 571 g/mol. The molecule has 2 aromatic carbocycles. The minimum Gasteiger partial charge on any atom is -0.483 e. The third-order valence-electron chi connectivity index (χ3n) is 5.64. The zero-order valence-electron chi connectivity index (χ0n) is 22.5. The largest absolute Gasteiger partial charge is 0.483 e. The Kier molecular flexibility index (Phi) is 10.3. The van der Waals surface area contributed by atoms with Gasteiger partial charge >= 0.3 is 5.97 Å². The van der Waals surface area contributed by atoms with E-state index in [1.807, 2.05) is 19.9 Å². The number of non-ortho nitro benzene ring substituents is 1. The highest BCUT2D eigenvalue weighted by molar-refractivity contribution is 8.18. The summed E-state index contributed by atoms with van der Waals surface area (Å²) >= 11 is 0.686. The lowest BCUT2D eigenvalue weighted by molar-refractivity contribution is -0.384. The minimum absolute atomic E-state index is 0.0869. The minimum atomic E-state index is -0.694. The molecule has 40 heavy (non-hydrogen) atoms. The first-order chi connectivity index (χ1) is 19.0. The fraction of sp³-hybridized carbons (Fsp3) is 0.333. The summed E-state index contributed by atoms with van der Waals surface area (Å²) in [5.41, 5.74) is 1.33. The standard InChI is InChI=1S/C27H30N4O8S/c1-5-29(6-2)20-11-10-18(12-23-26(34)30(27(35)40-23)15-25(33)39-17(3)4)22(14-20)38-16-24(32)28-19-8-7-9-21(13-19)31(36)37/h7-14,17H,5-6,15-16H2,1-4H3,(H,28,32)/b23-12-. The molecular weight excluding hydrogens is 540 g/mol. The van der Waals surface area contributed by atoms with Crippen molar-refractivity contribution in [1.29, 1.82) is 0 Å². The van der Waals surface area contributed by atoms with Gasteiger partial charge in [-0.2, -0.15) is 0 Å². The van der Waals surface area contributed by atoms with E-state index in [9.17, 15) is 29.3 Å². The smallest absolute Gasteiger partial charge is 0.326 e. The molecule has 13 heteroatoms. The Hall–Kier alpha value is -4.39. The van der Waals surface area contributed by atoms with Crippen molar-refractivity contribution in [2.75, 3.05) is 36.5 Å². The molecule has 1 heterocycles. The van der Waals surface area contributed by atoms with E-state index in [2.05, 4.69) is 10.2 Å². The number of imide groups is 1. The van der Waals surface area contributed by atoms with Crippen LogP contribution in [0.25, 0.3) is 6.08 Å². The number of amides is 3. The Labute approximate surface area is 235 Å². The van der Waals surface area contributed by atoms with Gasteiger partial charge in [0.2, 0.25) is 0 Å². The lowest BCUT2D eigenvalue weighted by Gasteiger charge is -2.22. The highest BCUT2D eigenvalue weighted by Crippen LogP contribution is 2.35. The quantitative estimate of drug-likeness (QED) is 0.168. The Morgan fingerprint density at radius 2 is 1.88 bits per heavy atom. The van der Waals surface area contributed by atoms with E-state index in [0.29, 0.717) is 30.4 Å². The van der Waals surface area contributed by atoms with Gasteiger partial charge in [0.25, 0.3) is 22.7 Å². The van der Waals surface area contributed by atoms with E-state index in [1.54, 1.807) is 26.0 Å². The number of esters is 1. The third kappa shape index (κ3) is 7.82. The van der Waals surface area contributed by atoms with Crippen LogP contribution in [0.3, 0.4) is 0 Å². The summed E-state index contributed by atoms with van der Waals surface area (Å²) in [5.74, 6) is -1.60. The summed E-state index contributed by atoms with van der Waals surface area (Å²) in [4.78, 5) is 63.4. The Bertz CT molecular complexity index is 1340. The topological polar surface area (TPSA) is 148 Å². The lowest BCUT2D eigenvalue weighted by Crippen LogP contribution is -2.35. The molecule has 1 aliphatic rings. The number of anilines is 2. The van der Waals surface area contributed by atoms with Crippen LogP contribution in [0, 0.1) is 10.1 Å². The molecule has 1 saturated heterocycles. The van der Waals surface area contributed by atoms with Crippen LogP contribution in [0.5, 0.6) is 5.75 Å². The Morgan fingerprint density at radius 1 is 1.15 bits per heavy atom. The van der Waals surface area contributed by atoms with Crippen molar-refractivity contribution < 1.29 is 33.6 Å². The molecule has 0 aliphatic carbocycles. The average Bonchev–Trinajstić information content (AvgIpc) is 3.16. The number of ether oxygens (including phenoxy) is 2. The maximum atomic E-state index is 12.9. The van der Waals surface area contributed by atoms with Crippen molar-refractivity contribution in [3.8, 4) is 5.75 Å². The van der Waals surface area contributed by atoms with Gasteiger partial charge in [-0.25, -0.2) is 0 Å². The predicted molar refractivity (Wildman–Crippen MR) is 151 cm³/mol. The second kappa shape index (κ2) is 13.6. The van der Waals surface area contributed by atoms with Crippen molar-refractivity contribution in [3.63, 3.8) is 0 Å². The molecule has 2 aromatic rings. The van der Waals surface area contributed by atoms with Gasteiger partial charge in [0.1, 0.15) is 12.3 Å². The van der Waals surface area contributed by atoms with E-state index in [4.69, 9.17) is 9.47 Å². The number of nitro benzene ring substituents is 1. The number of thioether (sulfide) groups is 1. The molecule has 0 saturated carbocycles. The molecule has 3 rings (SSSR count). The van der Waals surface area contributed by atoms with Crippen LogP contribution in [0.2, 0.25) is 0 Å². The van der Waals surface area contributed by atoms with Crippen molar-refractivity contribution in [2.24, 2.45) is 0 Å². The first-order valence-corrected chi connectivity index (χ1v) is 13.3. The summed E-state index contributed by atoms with van der Waals surface area (Å²) in [7, 11) is 0. The highest BCUT2D eigenvalue weighted by atomic mass is 32.2. The van der Waals surface area contributed by atoms with Crippen LogP contribution in [-0.2, 0) is 19.1 Å². The number of nitrogens with one attached hydrogen (secondary N) is 1. The molecule has 1 aliphatic heterocycles. The third-order valence-corrected chi connectivity index (χ3v) is 6.55. The van der Waals surface area contributed by atoms with Crippen LogP contribution in [0.4, 0.5) is 21.9 Å². The number of benzene rings is 2. The zero-order valence-corrected chi connectivity index (χ0v) is 23.4. The number of rotatable bonds is 12. The molecule has 0 unspecified atom stereocenters. The van der Waals surface area contributed by atoms with Gasteiger partial charge in [0.05, 0.1) is 15.9 Å². The maximum absolute atomic E-state index is 12.9. The van der Waals surface area contributed by atoms with Gasteiger partial charge < -0.3 is 19.7 Å². The number of nitrogens with zero attached hydrogens (tertiary/aromatic N) is 3. The van der Waals surface area contributed by atoms with Crippen molar-refractivity contribution in [3.05, 3.63) is 63.0 Å². The van der Waals surface area contributed by atoms with Gasteiger partial charge in [-0.05, 0) is 63.7 Å². The second-order valence-corrected chi connectivity index (χ2v) is 9.84. The maximum Gasteiger partial charge on any atom is 0.326 e. The molecule has 0 spiro atoms.